The van der Waals surface area contributed by atoms with Gasteiger partial charge in [0.05, 0.1) is 18.8 Å². The van der Waals surface area contributed by atoms with Crippen molar-refractivity contribution in [1.29, 1.82) is 0 Å². The molecule has 0 spiro atoms. The zero-order valence-corrected chi connectivity index (χ0v) is 23.1. The SMILES string of the molecule is CCCSc1nc(OC(N)=O)c2nnn([C@@H]3C[C@H](OCCOC(=O)OC(C)(C)C)[C@H]4OC(C)(C)O[C@H]43)c2n1. The number of carbonyl (C=O) groups is 2. The molecule has 4 atom stereocenters. The van der Waals surface area contributed by atoms with Gasteiger partial charge >= 0.3 is 12.2 Å². The summed E-state index contributed by atoms with van der Waals surface area (Å²) in [4.78, 5) is 32.2. The van der Waals surface area contributed by atoms with Crippen LogP contribution in [0.3, 0.4) is 0 Å². The van der Waals surface area contributed by atoms with E-state index in [1.165, 1.54) is 11.8 Å². The Morgan fingerprint density at radius 3 is 2.61 bits per heavy atom. The Balaban J connectivity index is 1.54. The van der Waals surface area contributed by atoms with E-state index in [1.807, 2.05) is 20.8 Å². The summed E-state index contributed by atoms with van der Waals surface area (Å²) in [6.07, 6.45) is -1.62. The number of amides is 1. The first-order valence-corrected chi connectivity index (χ1v) is 13.4. The molecule has 1 saturated carbocycles. The van der Waals surface area contributed by atoms with E-state index in [0.717, 1.165) is 12.2 Å². The van der Waals surface area contributed by atoms with Crippen molar-refractivity contribution in [3.8, 4) is 5.88 Å². The number of carbonyl (C=O) groups excluding carboxylic acids is 2. The van der Waals surface area contributed by atoms with Gasteiger partial charge in [0.15, 0.2) is 22.1 Å². The number of hydrogen-bond donors (Lipinski definition) is 1. The fourth-order valence-electron chi connectivity index (χ4n) is 4.35. The normalized spacial score (nSPS) is 24.4. The molecule has 14 nitrogen and oxygen atoms in total. The molecule has 2 aliphatic rings. The number of primary amides is 1. The second-order valence-electron chi connectivity index (χ2n) is 10.4. The van der Waals surface area contributed by atoms with Crippen LogP contribution in [0.15, 0.2) is 5.16 Å². The molecule has 2 aromatic rings. The quantitative estimate of drug-likeness (QED) is 0.208. The summed E-state index contributed by atoms with van der Waals surface area (Å²) in [7, 11) is 0. The summed E-state index contributed by atoms with van der Waals surface area (Å²) >= 11 is 1.41. The van der Waals surface area contributed by atoms with Gasteiger partial charge in [-0.05, 0) is 41.0 Å². The molecule has 38 heavy (non-hydrogen) atoms. The van der Waals surface area contributed by atoms with Gasteiger partial charge in [-0.3, -0.25) is 0 Å². The number of nitrogens with two attached hydrogens (primary N) is 1. The van der Waals surface area contributed by atoms with Crippen molar-refractivity contribution in [3.05, 3.63) is 0 Å². The molecule has 0 radical (unpaired) electrons. The molecule has 1 aliphatic carbocycles. The Morgan fingerprint density at radius 2 is 1.92 bits per heavy atom. The summed E-state index contributed by atoms with van der Waals surface area (Å²) in [5.74, 6) is -0.141. The van der Waals surface area contributed by atoms with E-state index in [2.05, 4.69) is 20.3 Å². The topological polar surface area (TPSA) is 172 Å². The molecular weight excluding hydrogens is 520 g/mol. The first-order chi connectivity index (χ1) is 17.9. The summed E-state index contributed by atoms with van der Waals surface area (Å²) in [5.41, 5.74) is 5.18. The Labute approximate surface area is 224 Å². The maximum atomic E-state index is 11.8. The highest BCUT2D eigenvalue weighted by Crippen LogP contribution is 2.45. The van der Waals surface area contributed by atoms with Gasteiger partial charge in [0.1, 0.15) is 24.4 Å². The maximum Gasteiger partial charge on any atom is 0.508 e. The third-order valence-corrected chi connectivity index (χ3v) is 6.68. The molecule has 2 aromatic heterocycles. The molecule has 0 unspecified atom stereocenters. The molecule has 0 aromatic carbocycles. The lowest BCUT2D eigenvalue weighted by Gasteiger charge is -2.24. The van der Waals surface area contributed by atoms with Crippen LogP contribution in [0.1, 0.15) is 60.4 Å². The summed E-state index contributed by atoms with van der Waals surface area (Å²) in [6, 6.07) is -0.357. The molecule has 3 heterocycles. The maximum absolute atomic E-state index is 11.8. The van der Waals surface area contributed by atoms with Crippen LogP contribution in [-0.4, -0.2) is 85.9 Å². The summed E-state index contributed by atoms with van der Waals surface area (Å²) in [5, 5.41) is 8.89. The number of rotatable bonds is 9. The number of fused-ring (bicyclic) bond motifs is 2. The Morgan fingerprint density at radius 1 is 1.18 bits per heavy atom. The standard InChI is InChI=1S/C23H34N6O8S/c1-7-10-38-20-25-17-14(18(26-20)34-19(24)30)27-28-29(17)12-11-13(16-15(12)35-23(5,6)36-16)32-8-9-33-21(31)37-22(2,3)4/h12-13,15-16H,7-11H2,1-6H3,(H2,24,30)/t12-,13+,15+,16-/m1/s1. The van der Waals surface area contributed by atoms with Crippen molar-refractivity contribution in [2.75, 3.05) is 19.0 Å². The van der Waals surface area contributed by atoms with Crippen molar-refractivity contribution in [2.45, 2.75) is 95.3 Å². The second kappa shape index (κ2) is 11.2. The van der Waals surface area contributed by atoms with Gasteiger partial charge in [-0.2, -0.15) is 4.98 Å². The first-order valence-electron chi connectivity index (χ1n) is 12.4. The predicted octanol–water partition coefficient (Wildman–Crippen LogP) is 2.98. The van der Waals surface area contributed by atoms with E-state index in [-0.39, 0.29) is 36.8 Å². The number of ether oxygens (including phenoxy) is 6. The Hall–Kier alpha value is -2.75. The highest BCUT2D eigenvalue weighted by Gasteiger charge is 2.56. The molecule has 4 rings (SSSR count). The van der Waals surface area contributed by atoms with Crippen molar-refractivity contribution in [1.82, 2.24) is 25.0 Å². The molecule has 1 aliphatic heterocycles. The smallest absolute Gasteiger partial charge is 0.432 e. The van der Waals surface area contributed by atoms with Crippen molar-refractivity contribution < 1.29 is 38.0 Å². The predicted molar refractivity (Wildman–Crippen MR) is 134 cm³/mol. The van der Waals surface area contributed by atoms with Gasteiger partial charge in [0.25, 0.3) is 5.88 Å². The lowest BCUT2D eigenvalue weighted by atomic mass is 10.2. The van der Waals surface area contributed by atoms with Crippen LogP contribution < -0.4 is 10.5 Å². The first kappa shape index (κ1) is 28.3. The van der Waals surface area contributed by atoms with E-state index >= 15 is 0 Å². The minimum absolute atomic E-state index is 0.0169. The van der Waals surface area contributed by atoms with Crippen LogP contribution in [-0.2, 0) is 23.7 Å². The molecule has 0 bridgehead atoms. The average Bonchev–Trinajstić information content (AvgIpc) is 3.44. The lowest BCUT2D eigenvalue weighted by Crippen LogP contribution is -2.32. The third-order valence-electron chi connectivity index (χ3n) is 5.63. The minimum atomic E-state index is -1.01. The van der Waals surface area contributed by atoms with E-state index in [0.29, 0.717) is 17.2 Å². The molecular formula is C23H34N6O8S. The minimum Gasteiger partial charge on any atom is -0.432 e. The zero-order valence-electron chi connectivity index (χ0n) is 22.3. The van der Waals surface area contributed by atoms with Crippen LogP contribution in [0.2, 0.25) is 0 Å². The Kier molecular flexibility index (Phi) is 8.30. The molecule has 2 fully saturated rings. The fourth-order valence-corrected chi connectivity index (χ4v) is 5.03. The molecule has 1 amide bonds. The zero-order chi connectivity index (χ0) is 27.7. The average molecular weight is 555 g/mol. The van der Waals surface area contributed by atoms with Crippen molar-refractivity contribution >= 4 is 35.2 Å². The van der Waals surface area contributed by atoms with E-state index in [4.69, 9.17) is 34.2 Å². The number of hydrogen-bond acceptors (Lipinski definition) is 13. The Bertz CT molecular complexity index is 1170. The van der Waals surface area contributed by atoms with Gasteiger partial charge in [-0.15, -0.1) is 5.10 Å². The number of aromatic nitrogens is 5. The van der Waals surface area contributed by atoms with Crippen LogP contribution in [0.5, 0.6) is 5.88 Å². The number of nitrogens with zero attached hydrogens (tertiary/aromatic N) is 5. The largest absolute Gasteiger partial charge is 0.508 e. The van der Waals surface area contributed by atoms with Gasteiger partial charge < -0.3 is 34.2 Å². The van der Waals surface area contributed by atoms with Gasteiger partial charge in [0.2, 0.25) is 0 Å². The molecule has 1 saturated heterocycles. The number of thioether (sulfide) groups is 1. The van der Waals surface area contributed by atoms with E-state index in [9.17, 15) is 9.59 Å². The third kappa shape index (κ3) is 6.62. The second-order valence-corrected chi connectivity index (χ2v) is 11.4. The van der Waals surface area contributed by atoms with E-state index in [1.54, 1.807) is 25.5 Å². The van der Waals surface area contributed by atoms with Crippen LogP contribution >= 0.6 is 11.8 Å². The summed E-state index contributed by atoms with van der Waals surface area (Å²) < 4.78 is 35.5. The van der Waals surface area contributed by atoms with Crippen LogP contribution in [0.25, 0.3) is 11.2 Å². The highest BCUT2D eigenvalue weighted by molar-refractivity contribution is 7.99. The van der Waals surface area contributed by atoms with Gasteiger partial charge in [-0.1, -0.05) is 23.9 Å². The lowest BCUT2D eigenvalue weighted by molar-refractivity contribution is -0.171. The van der Waals surface area contributed by atoms with Crippen molar-refractivity contribution in [3.63, 3.8) is 0 Å². The molecule has 210 valence electrons. The van der Waals surface area contributed by atoms with Crippen LogP contribution in [0, 0.1) is 0 Å². The molecule has 2 N–H and O–H groups in total. The summed E-state index contributed by atoms with van der Waals surface area (Å²) in [6.45, 7) is 11.1. The van der Waals surface area contributed by atoms with E-state index < -0.39 is 35.8 Å². The van der Waals surface area contributed by atoms with Crippen molar-refractivity contribution in [2.24, 2.45) is 5.73 Å². The highest BCUT2D eigenvalue weighted by atomic mass is 32.2. The monoisotopic (exact) mass is 554 g/mol. The van der Waals surface area contributed by atoms with Crippen LogP contribution in [0.4, 0.5) is 9.59 Å². The fraction of sp³-hybridized carbons (Fsp3) is 0.739. The molecule has 15 heteroatoms. The van der Waals surface area contributed by atoms with Gasteiger partial charge in [-0.25, -0.2) is 19.3 Å². The van der Waals surface area contributed by atoms with Gasteiger partial charge in [0, 0.05) is 12.2 Å².